The first-order valence-electron chi connectivity index (χ1n) is 10.3. The van der Waals surface area contributed by atoms with Crippen LogP contribution in [0.2, 0.25) is 5.02 Å². The molecule has 1 aromatic heterocycles. The second-order valence-electron chi connectivity index (χ2n) is 9.04. The first-order valence-corrected chi connectivity index (χ1v) is 10.6. The minimum absolute atomic E-state index is 0.0219. The molecule has 2 amide bonds. The van der Waals surface area contributed by atoms with E-state index in [1.807, 2.05) is 62.2 Å². The standard InChI is InChI=1S/C23H28ClN3O2/c1-23(2,3)27(22(29)16-9-10-16)15-20(28)26-13-12-25-11-5-8-19(25)21(26)17-6-4-7-18(24)14-17/h4-8,11,14,16,21H,9-10,12-13,15H2,1-3H3. The molecule has 0 spiro atoms. The Bertz CT molecular complexity index is 926. The first-order chi connectivity index (χ1) is 13.8. The molecule has 0 N–H and O–H groups in total. The molecule has 1 saturated carbocycles. The summed E-state index contributed by atoms with van der Waals surface area (Å²) in [4.78, 5) is 30.0. The van der Waals surface area contributed by atoms with Gasteiger partial charge >= 0.3 is 0 Å². The zero-order valence-corrected chi connectivity index (χ0v) is 18.0. The molecule has 2 heterocycles. The lowest BCUT2D eigenvalue weighted by molar-refractivity contribution is -0.147. The van der Waals surface area contributed by atoms with E-state index in [-0.39, 0.29) is 30.3 Å². The van der Waals surface area contributed by atoms with Gasteiger partial charge in [0, 0.05) is 41.5 Å². The molecule has 4 rings (SSSR count). The average molecular weight is 414 g/mol. The molecule has 6 heteroatoms. The summed E-state index contributed by atoms with van der Waals surface area (Å²) < 4.78 is 2.19. The molecule has 1 aliphatic carbocycles. The zero-order valence-electron chi connectivity index (χ0n) is 17.3. The van der Waals surface area contributed by atoms with Gasteiger partial charge in [-0.3, -0.25) is 9.59 Å². The van der Waals surface area contributed by atoms with Crippen molar-refractivity contribution in [2.45, 2.75) is 51.7 Å². The number of halogens is 1. The minimum atomic E-state index is -0.392. The maximum absolute atomic E-state index is 13.5. The fourth-order valence-corrected chi connectivity index (χ4v) is 4.30. The molecule has 29 heavy (non-hydrogen) atoms. The minimum Gasteiger partial charge on any atom is -0.348 e. The number of amides is 2. The van der Waals surface area contributed by atoms with E-state index in [4.69, 9.17) is 11.6 Å². The fourth-order valence-electron chi connectivity index (χ4n) is 4.10. The third-order valence-corrected chi connectivity index (χ3v) is 6.05. The molecule has 5 nitrogen and oxygen atoms in total. The van der Waals surface area contributed by atoms with E-state index >= 15 is 0 Å². The van der Waals surface area contributed by atoms with Crippen molar-refractivity contribution in [3.63, 3.8) is 0 Å². The lowest BCUT2D eigenvalue weighted by atomic mass is 9.99. The van der Waals surface area contributed by atoms with E-state index in [9.17, 15) is 9.59 Å². The number of benzene rings is 1. The predicted molar refractivity (Wildman–Crippen MR) is 114 cm³/mol. The Hall–Kier alpha value is -2.27. The van der Waals surface area contributed by atoms with Crippen molar-refractivity contribution >= 4 is 23.4 Å². The van der Waals surface area contributed by atoms with E-state index in [1.165, 1.54) is 0 Å². The zero-order chi connectivity index (χ0) is 20.8. The largest absolute Gasteiger partial charge is 0.348 e. The Balaban J connectivity index is 1.64. The number of fused-ring (bicyclic) bond motifs is 1. The number of hydrogen-bond donors (Lipinski definition) is 0. The third-order valence-electron chi connectivity index (χ3n) is 5.82. The first kappa shape index (κ1) is 20.0. The SMILES string of the molecule is CC(C)(C)N(CC(=O)N1CCn2cccc2C1c1cccc(Cl)c1)C(=O)C1CC1. The Morgan fingerprint density at radius 3 is 2.55 bits per heavy atom. The van der Waals surface area contributed by atoms with Crippen molar-refractivity contribution in [1.29, 1.82) is 0 Å². The number of hydrogen-bond acceptors (Lipinski definition) is 2. The molecule has 2 aliphatic rings. The molecular weight excluding hydrogens is 386 g/mol. The maximum Gasteiger partial charge on any atom is 0.243 e. The molecule has 1 aliphatic heterocycles. The highest BCUT2D eigenvalue weighted by molar-refractivity contribution is 6.30. The normalized spacial score (nSPS) is 19.0. The highest BCUT2D eigenvalue weighted by Gasteiger charge is 2.40. The quantitative estimate of drug-likeness (QED) is 0.757. The number of nitrogens with zero attached hydrogens (tertiary/aromatic N) is 3. The van der Waals surface area contributed by atoms with Gasteiger partial charge < -0.3 is 14.4 Å². The molecule has 1 aromatic carbocycles. The van der Waals surface area contributed by atoms with Crippen molar-refractivity contribution in [2.75, 3.05) is 13.1 Å². The van der Waals surface area contributed by atoms with Crippen LogP contribution in [-0.2, 0) is 16.1 Å². The van der Waals surface area contributed by atoms with E-state index in [0.29, 0.717) is 11.6 Å². The highest BCUT2D eigenvalue weighted by Crippen LogP contribution is 2.36. The van der Waals surface area contributed by atoms with Crippen LogP contribution < -0.4 is 0 Å². The van der Waals surface area contributed by atoms with Gasteiger partial charge in [0.15, 0.2) is 0 Å². The Morgan fingerprint density at radius 1 is 1.14 bits per heavy atom. The van der Waals surface area contributed by atoms with E-state index in [1.54, 1.807) is 4.90 Å². The van der Waals surface area contributed by atoms with Gasteiger partial charge in [-0.15, -0.1) is 0 Å². The second kappa shape index (κ2) is 7.52. The molecule has 1 unspecified atom stereocenters. The van der Waals surface area contributed by atoms with Gasteiger partial charge in [-0.05, 0) is 63.4 Å². The number of carbonyl (C=O) groups is 2. The van der Waals surface area contributed by atoms with Gasteiger partial charge in [-0.2, -0.15) is 0 Å². The van der Waals surface area contributed by atoms with E-state index in [2.05, 4.69) is 10.6 Å². The van der Waals surface area contributed by atoms with Crippen LogP contribution in [0, 0.1) is 5.92 Å². The van der Waals surface area contributed by atoms with Gasteiger partial charge in [0.2, 0.25) is 11.8 Å². The third kappa shape index (κ3) is 4.06. The topological polar surface area (TPSA) is 45.6 Å². The summed E-state index contributed by atoms with van der Waals surface area (Å²) in [5, 5.41) is 0.652. The van der Waals surface area contributed by atoms with E-state index in [0.717, 1.165) is 30.6 Å². The summed E-state index contributed by atoms with van der Waals surface area (Å²) in [6, 6.07) is 11.6. The van der Waals surface area contributed by atoms with Crippen molar-refractivity contribution in [2.24, 2.45) is 5.92 Å². The lowest BCUT2D eigenvalue weighted by Gasteiger charge is -2.41. The molecule has 2 aromatic rings. The number of carbonyl (C=O) groups excluding carboxylic acids is 2. The van der Waals surface area contributed by atoms with Crippen LogP contribution in [0.4, 0.5) is 0 Å². The molecule has 0 radical (unpaired) electrons. The highest BCUT2D eigenvalue weighted by atomic mass is 35.5. The van der Waals surface area contributed by atoms with Gasteiger partial charge in [0.1, 0.15) is 6.54 Å². The Morgan fingerprint density at radius 2 is 1.90 bits per heavy atom. The second-order valence-corrected chi connectivity index (χ2v) is 9.48. The molecule has 1 fully saturated rings. The summed E-state index contributed by atoms with van der Waals surface area (Å²) in [5.74, 6) is 0.168. The summed E-state index contributed by atoms with van der Waals surface area (Å²) in [6.07, 6.45) is 3.91. The van der Waals surface area contributed by atoms with Gasteiger partial charge in [0.25, 0.3) is 0 Å². The Labute approximate surface area is 177 Å². The lowest BCUT2D eigenvalue weighted by Crippen LogP contribution is -2.53. The van der Waals surface area contributed by atoms with Crippen LogP contribution in [-0.4, -0.2) is 44.8 Å². The van der Waals surface area contributed by atoms with Crippen LogP contribution in [0.25, 0.3) is 0 Å². The van der Waals surface area contributed by atoms with Crippen molar-refractivity contribution < 1.29 is 9.59 Å². The molecule has 0 saturated heterocycles. The van der Waals surface area contributed by atoms with E-state index < -0.39 is 5.54 Å². The summed E-state index contributed by atoms with van der Waals surface area (Å²) in [5.41, 5.74) is 1.67. The van der Waals surface area contributed by atoms with Gasteiger partial charge in [-0.1, -0.05) is 23.7 Å². The van der Waals surface area contributed by atoms with Crippen molar-refractivity contribution in [3.8, 4) is 0 Å². The average Bonchev–Trinajstić information content (AvgIpc) is 3.41. The molecule has 154 valence electrons. The van der Waals surface area contributed by atoms with Gasteiger partial charge in [-0.25, -0.2) is 0 Å². The van der Waals surface area contributed by atoms with Crippen LogP contribution in [0.3, 0.4) is 0 Å². The van der Waals surface area contributed by atoms with Crippen LogP contribution in [0.5, 0.6) is 0 Å². The van der Waals surface area contributed by atoms with Crippen molar-refractivity contribution in [3.05, 3.63) is 58.9 Å². The van der Waals surface area contributed by atoms with Gasteiger partial charge in [0.05, 0.1) is 6.04 Å². The fraction of sp³-hybridized carbons (Fsp3) is 0.478. The summed E-state index contributed by atoms with van der Waals surface area (Å²) in [7, 11) is 0. The van der Waals surface area contributed by atoms with Crippen LogP contribution in [0.1, 0.15) is 50.9 Å². The Kier molecular flexibility index (Phi) is 5.19. The van der Waals surface area contributed by atoms with Crippen molar-refractivity contribution in [1.82, 2.24) is 14.4 Å². The number of aromatic nitrogens is 1. The number of rotatable bonds is 4. The molecular formula is C23H28ClN3O2. The van der Waals surface area contributed by atoms with Crippen LogP contribution in [0.15, 0.2) is 42.6 Å². The molecule has 0 bridgehead atoms. The predicted octanol–water partition coefficient (Wildman–Crippen LogP) is 4.11. The smallest absolute Gasteiger partial charge is 0.243 e. The summed E-state index contributed by atoms with van der Waals surface area (Å²) in [6.45, 7) is 7.45. The maximum atomic E-state index is 13.5. The monoisotopic (exact) mass is 413 g/mol. The molecule has 1 atom stereocenters. The van der Waals surface area contributed by atoms with Crippen LogP contribution >= 0.6 is 11.6 Å². The summed E-state index contributed by atoms with van der Waals surface area (Å²) >= 11 is 6.26.